The number of anilines is 2. The zero-order valence-corrected chi connectivity index (χ0v) is 17.8. The van der Waals surface area contributed by atoms with Crippen molar-refractivity contribution in [1.29, 1.82) is 0 Å². The largest absolute Gasteiger partial charge is 0.273 e. The lowest BCUT2D eigenvalue weighted by Crippen LogP contribution is -2.37. The van der Waals surface area contributed by atoms with Gasteiger partial charge in [0.15, 0.2) is 6.10 Å². The summed E-state index contributed by atoms with van der Waals surface area (Å²) in [7, 11) is 0. The van der Waals surface area contributed by atoms with Gasteiger partial charge in [-0.15, -0.1) is 0 Å². The van der Waals surface area contributed by atoms with Gasteiger partial charge in [0.05, 0.1) is 17.4 Å². The first kappa shape index (κ1) is 19.0. The molecule has 0 spiro atoms. The Kier molecular flexibility index (Phi) is 4.68. The highest BCUT2D eigenvalue weighted by molar-refractivity contribution is 9.10. The number of hydrogen-bond donors (Lipinski definition) is 0. The third kappa shape index (κ3) is 3.04. The van der Waals surface area contributed by atoms with E-state index in [1.807, 2.05) is 79.7 Å². The maximum absolute atomic E-state index is 13.5. The van der Waals surface area contributed by atoms with Crippen LogP contribution in [0.3, 0.4) is 0 Å². The number of benzene rings is 3. The van der Waals surface area contributed by atoms with Gasteiger partial charge < -0.3 is 0 Å². The summed E-state index contributed by atoms with van der Waals surface area (Å²) >= 11 is 3.52. The van der Waals surface area contributed by atoms with Crippen LogP contribution in [0.15, 0.2) is 83.3 Å². The van der Waals surface area contributed by atoms with Gasteiger partial charge in [0.1, 0.15) is 5.92 Å². The van der Waals surface area contributed by atoms with Gasteiger partial charge in [-0.25, -0.2) is 9.96 Å². The lowest BCUT2D eigenvalue weighted by Gasteiger charge is -2.29. The van der Waals surface area contributed by atoms with Gasteiger partial charge in [-0.3, -0.25) is 14.4 Å². The molecule has 0 bridgehead atoms. The molecule has 2 aliphatic rings. The Balaban J connectivity index is 1.60. The normalized spacial score (nSPS) is 23.2. The molecule has 150 valence electrons. The van der Waals surface area contributed by atoms with E-state index in [4.69, 9.17) is 4.84 Å². The molecule has 3 atom stereocenters. The summed E-state index contributed by atoms with van der Waals surface area (Å²) in [5.41, 5.74) is 3.29. The molecule has 2 saturated heterocycles. The Morgan fingerprint density at radius 1 is 0.833 bits per heavy atom. The average molecular weight is 463 g/mol. The molecule has 2 aliphatic heterocycles. The van der Waals surface area contributed by atoms with Gasteiger partial charge in [0.2, 0.25) is 5.91 Å². The maximum Gasteiger partial charge on any atom is 0.266 e. The Morgan fingerprint density at radius 2 is 1.57 bits per heavy atom. The van der Waals surface area contributed by atoms with Gasteiger partial charge in [-0.2, -0.15) is 0 Å². The molecule has 0 aliphatic carbocycles. The van der Waals surface area contributed by atoms with Crippen molar-refractivity contribution in [2.24, 2.45) is 5.92 Å². The van der Waals surface area contributed by atoms with E-state index in [-0.39, 0.29) is 11.8 Å². The average Bonchev–Trinajstić information content (AvgIpc) is 3.25. The van der Waals surface area contributed by atoms with Gasteiger partial charge >= 0.3 is 0 Å². The number of aryl methyl sites for hydroxylation is 1. The van der Waals surface area contributed by atoms with Crippen molar-refractivity contribution in [3.63, 3.8) is 0 Å². The lowest BCUT2D eigenvalue weighted by molar-refractivity contribution is -0.126. The number of rotatable bonds is 3. The minimum atomic E-state index is -0.859. The summed E-state index contributed by atoms with van der Waals surface area (Å²) in [6, 6.07) is 24.4. The van der Waals surface area contributed by atoms with Crippen molar-refractivity contribution in [1.82, 2.24) is 0 Å². The van der Waals surface area contributed by atoms with E-state index in [9.17, 15) is 9.59 Å². The molecule has 5 nitrogen and oxygen atoms in total. The first-order valence-corrected chi connectivity index (χ1v) is 10.5. The number of amides is 2. The van der Waals surface area contributed by atoms with E-state index in [1.54, 1.807) is 11.1 Å². The second-order valence-electron chi connectivity index (χ2n) is 7.56. The number of hydrogen-bond acceptors (Lipinski definition) is 4. The SMILES string of the molecule is Cc1cccc(N2C(=O)[C@@H]3[C@H](ON(c4ccccc4)[C@@H]3c3cccc(Br)c3)C2=O)c1. The first-order valence-electron chi connectivity index (χ1n) is 9.75. The van der Waals surface area contributed by atoms with E-state index in [0.717, 1.165) is 21.3 Å². The zero-order valence-electron chi connectivity index (χ0n) is 16.2. The molecular weight excluding hydrogens is 444 g/mol. The van der Waals surface area contributed by atoms with E-state index < -0.39 is 18.1 Å². The Hall–Kier alpha value is -2.96. The Morgan fingerprint density at radius 3 is 2.30 bits per heavy atom. The van der Waals surface area contributed by atoms with Crippen LogP contribution in [-0.2, 0) is 14.4 Å². The van der Waals surface area contributed by atoms with Crippen LogP contribution in [-0.4, -0.2) is 17.9 Å². The molecule has 30 heavy (non-hydrogen) atoms. The van der Waals surface area contributed by atoms with Crippen LogP contribution >= 0.6 is 15.9 Å². The molecule has 2 amide bonds. The third-order valence-electron chi connectivity index (χ3n) is 5.58. The fourth-order valence-electron chi connectivity index (χ4n) is 4.26. The minimum absolute atomic E-state index is 0.237. The summed E-state index contributed by atoms with van der Waals surface area (Å²) in [5, 5.41) is 1.71. The molecule has 2 heterocycles. The molecule has 0 saturated carbocycles. The van der Waals surface area contributed by atoms with Crippen LogP contribution in [0.5, 0.6) is 0 Å². The molecule has 3 aromatic carbocycles. The molecule has 3 aromatic rings. The van der Waals surface area contributed by atoms with Gasteiger partial charge in [-0.05, 0) is 54.4 Å². The fraction of sp³-hybridized carbons (Fsp3) is 0.167. The Labute approximate surface area is 183 Å². The van der Waals surface area contributed by atoms with Crippen LogP contribution in [0.25, 0.3) is 0 Å². The van der Waals surface area contributed by atoms with Crippen molar-refractivity contribution < 1.29 is 14.4 Å². The van der Waals surface area contributed by atoms with Crippen molar-refractivity contribution in [3.8, 4) is 0 Å². The number of para-hydroxylation sites is 1. The van der Waals surface area contributed by atoms with Crippen LogP contribution < -0.4 is 9.96 Å². The number of fused-ring (bicyclic) bond motifs is 1. The van der Waals surface area contributed by atoms with Crippen molar-refractivity contribution in [2.75, 3.05) is 9.96 Å². The first-order chi connectivity index (χ1) is 14.5. The van der Waals surface area contributed by atoms with Crippen LogP contribution in [0.2, 0.25) is 0 Å². The molecular formula is C24H19BrN2O3. The quantitative estimate of drug-likeness (QED) is 0.524. The highest BCUT2D eigenvalue weighted by Gasteiger charge is 2.60. The summed E-state index contributed by atoms with van der Waals surface area (Å²) in [6.07, 6.45) is -0.859. The number of hydroxylamine groups is 1. The monoisotopic (exact) mass is 462 g/mol. The minimum Gasteiger partial charge on any atom is -0.273 e. The van der Waals surface area contributed by atoms with Gasteiger partial charge in [-0.1, -0.05) is 58.4 Å². The van der Waals surface area contributed by atoms with E-state index in [0.29, 0.717) is 5.69 Å². The number of imide groups is 1. The number of carbonyl (C=O) groups excluding carboxylic acids is 2. The van der Waals surface area contributed by atoms with Crippen molar-refractivity contribution in [3.05, 3.63) is 94.5 Å². The van der Waals surface area contributed by atoms with E-state index in [2.05, 4.69) is 15.9 Å². The maximum atomic E-state index is 13.5. The number of halogens is 1. The molecule has 0 unspecified atom stereocenters. The second-order valence-corrected chi connectivity index (χ2v) is 8.48. The number of carbonyl (C=O) groups is 2. The van der Waals surface area contributed by atoms with Gasteiger partial charge in [0, 0.05) is 4.47 Å². The molecule has 0 radical (unpaired) electrons. The van der Waals surface area contributed by atoms with Crippen LogP contribution in [0.4, 0.5) is 11.4 Å². The third-order valence-corrected chi connectivity index (χ3v) is 6.07. The molecule has 2 fully saturated rings. The Bertz CT molecular complexity index is 1130. The summed E-state index contributed by atoms with van der Waals surface area (Å²) < 4.78 is 0.906. The van der Waals surface area contributed by atoms with E-state index in [1.165, 1.54) is 4.90 Å². The van der Waals surface area contributed by atoms with Crippen molar-refractivity contribution in [2.45, 2.75) is 19.1 Å². The molecule has 0 N–H and O–H groups in total. The van der Waals surface area contributed by atoms with Crippen molar-refractivity contribution >= 4 is 39.1 Å². The topological polar surface area (TPSA) is 49.9 Å². The molecule has 6 heteroatoms. The number of nitrogens with zero attached hydrogens (tertiary/aromatic N) is 2. The lowest BCUT2D eigenvalue weighted by atomic mass is 9.90. The summed E-state index contributed by atoms with van der Waals surface area (Å²) in [4.78, 5) is 34.2. The van der Waals surface area contributed by atoms with Gasteiger partial charge in [0.25, 0.3) is 5.91 Å². The van der Waals surface area contributed by atoms with E-state index >= 15 is 0 Å². The second kappa shape index (κ2) is 7.38. The van der Waals surface area contributed by atoms with Crippen LogP contribution in [0.1, 0.15) is 17.2 Å². The van der Waals surface area contributed by atoms with Crippen LogP contribution in [0, 0.1) is 12.8 Å². The smallest absolute Gasteiger partial charge is 0.266 e. The highest BCUT2D eigenvalue weighted by atomic mass is 79.9. The molecule has 5 rings (SSSR count). The highest BCUT2D eigenvalue weighted by Crippen LogP contribution is 2.47. The fourth-order valence-corrected chi connectivity index (χ4v) is 4.68. The zero-order chi connectivity index (χ0) is 20.8. The summed E-state index contributed by atoms with van der Waals surface area (Å²) in [5.74, 6) is -1.19. The predicted octanol–water partition coefficient (Wildman–Crippen LogP) is 4.81. The standard InChI is InChI=1S/C24H19BrN2O3/c1-15-7-5-12-19(13-15)26-23(28)20-21(16-8-6-9-17(25)14-16)27(30-22(20)24(26)29)18-10-3-2-4-11-18/h2-14,20-22H,1H3/t20-,21+,22-/m0/s1. The summed E-state index contributed by atoms with van der Waals surface area (Å²) in [6.45, 7) is 1.94. The molecule has 0 aromatic heterocycles. The predicted molar refractivity (Wildman–Crippen MR) is 118 cm³/mol.